The molecule has 2 heterocycles. The van der Waals surface area contributed by atoms with E-state index in [0.29, 0.717) is 23.8 Å². The van der Waals surface area contributed by atoms with Gasteiger partial charge in [0.2, 0.25) is 5.91 Å². The molecular formula is C15H15N3O3S. The van der Waals surface area contributed by atoms with Crippen molar-refractivity contribution < 1.29 is 14.3 Å². The minimum atomic E-state index is -0.514. The Morgan fingerprint density at radius 1 is 1.32 bits per heavy atom. The van der Waals surface area contributed by atoms with Gasteiger partial charge in [0, 0.05) is 18.1 Å². The van der Waals surface area contributed by atoms with Crippen LogP contribution in [0.25, 0.3) is 0 Å². The van der Waals surface area contributed by atoms with Gasteiger partial charge in [-0.15, -0.1) is 11.3 Å². The summed E-state index contributed by atoms with van der Waals surface area (Å²) in [6, 6.07) is 8.33. The topological polar surface area (TPSA) is 71.5 Å². The van der Waals surface area contributed by atoms with Crippen molar-refractivity contribution in [3.05, 3.63) is 41.9 Å². The van der Waals surface area contributed by atoms with Gasteiger partial charge in [-0.25, -0.2) is 9.78 Å². The number of benzene rings is 1. The van der Waals surface area contributed by atoms with Crippen molar-refractivity contribution in [3.63, 3.8) is 0 Å². The SMILES string of the molecule is O=C(Nc1nccs1)[C@H]1CCCN1C(=O)Oc1ccccc1. The average Bonchev–Trinajstić information content (AvgIpc) is 3.19. The van der Waals surface area contributed by atoms with Gasteiger partial charge in [-0.05, 0) is 25.0 Å². The van der Waals surface area contributed by atoms with Gasteiger partial charge in [0.1, 0.15) is 11.8 Å². The minimum Gasteiger partial charge on any atom is -0.410 e. The molecule has 0 bridgehead atoms. The number of ether oxygens (including phenoxy) is 1. The number of thiazole rings is 1. The van der Waals surface area contributed by atoms with E-state index in [-0.39, 0.29) is 5.91 Å². The third-order valence-electron chi connectivity index (χ3n) is 3.40. The van der Waals surface area contributed by atoms with Gasteiger partial charge < -0.3 is 10.1 Å². The lowest BCUT2D eigenvalue weighted by atomic mass is 10.2. The number of amides is 2. The number of hydrogen-bond donors (Lipinski definition) is 1. The molecule has 1 N–H and O–H groups in total. The molecule has 1 aliphatic rings. The third kappa shape index (κ3) is 3.25. The van der Waals surface area contributed by atoms with Crippen LogP contribution >= 0.6 is 11.3 Å². The smallest absolute Gasteiger partial charge is 0.410 e. The van der Waals surface area contributed by atoms with E-state index in [1.54, 1.807) is 35.8 Å². The van der Waals surface area contributed by atoms with Crippen molar-refractivity contribution >= 4 is 28.5 Å². The summed E-state index contributed by atoms with van der Waals surface area (Å²) in [5.74, 6) is 0.246. The van der Waals surface area contributed by atoms with Crippen LogP contribution in [0.1, 0.15) is 12.8 Å². The van der Waals surface area contributed by atoms with E-state index in [0.717, 1.165) is 6.42 Å². The zero-order valence-corrected chi connectivity index (χ0v) is 12.6. The van der Waals surface area contributed by atoms with Crippen LogP contribution in [-0.4, -0.2) is 34.5 Å². The van der Waals surface area contributed by atoms with E-state index in [1.165, 1.54) is 16.2 Å². The van der Waals surface area contributed by atoms with E-state index < -0.39 is 12.1 Å². The molecule has 1 fully saturated rings. The molecule has 1 atom stereocenters. The van der Waals surface area contributed by atoms with Crippen molar-refractivity contribution in [2.24, 2.45) is 0 Å². The summed E-state index contributed by atoms with van der Waals surface area (Å²) in [5.41, 5.74) is 0. The number of para-hydroxylation sites is 1. The first-order valence-electron chi connectivity index (χ1n) is 6.98. The standard InChI is InChI=1S/C15H15N3O3S/c19-13(17-14-16-8-10-22-14)12-7-4-9-18(12)15(20)21-11-5-2-1-3-6-11/h1-3,5-6,8,10,12H,4,7,9H2,(H,16,17,19)/t12-/m1/s1. The summed E-state index contributed by atoms with van der Waals surface area (Å²) in [5, 5.41) is 5.05. The van der Waals surface area contributed by atoms with Crippen LogP contribution in [-0.2, 0) is 4.79 Å². The summed E-state index contributed by atoms with van der Waals surface area (Å²) in [6.45, 7) is 0.515. The lowest BCUT2D eigenvalue weighted by Crippen LogP contribution is -2.44. The molecule has 1 aromatic heterocycles. The molecule has 0 spiro atoms. The molecule has 2 amide bonds. The molecule has 2 aromatic rings. The molecule has 0 saturated carbocycles. The van der Waals surface area contributed by atoms with Crippen LogP contribution in [0, 0.1) is 0 Å². The first-order valence-corrected chi connectivity index (χ1v) is 7.86. The van der Waals surface area contributed by atoms with Crippen LogP contribution < -0.4 is 10.1 Å². The predicted molar refractivity (Wildman–Crippen MR) is 82.9 cm³/mol. The number of nitrogens with one attached hydrogen (secondary N) is 1. The van der Waals surface area contributed by atoms with E-state index in [1.807, 2.05) is 6.07 Å². The van der Waals surface area contributed by atoms with Crippen LogP contribution in [0.2, 0.25) is 0 Å². The van der Waals surface area contributed by atoms with E-state index in [4.69, 9.17) is 4.74 Å². The van der Waals surface area contributed by atoms with Gasteiger partial charge in [0.05, 0.1) is 0 Å². The Bertz CT molecular complexity index is 645. The summed E-state index contributed by atoms with van der Waals surface area (Å²) in [6.07, 6.45) is 2.53. The number of carbonyl (C=O) groups excluding carboxylic acids is 2. The summed E-state index contributed by atoms with van der Waals surface area (Å²) >= 11 is 1.34. The van der Waals surface area contributed by atoms with Crippen molar-refractivity contribution in [2.75, 3.05) is 11.9 Å². The van der Waals surface area contributed by atoms with E-state index >= 15 is 0 Å². The van der Waals surface area contributed by atoms with Crippen molar-refractivity contribution in [3.8, 4) is 5.75 Å². The van der Waals surface area contributed by atoms with E-state index in [2.05, 4.69) is 10.3 Å². The Labute approximate surface area is 131 Å². The largest absolute Gasteiger partial charge is 0.415 e. The lowest BCUT2D eigenvalue weighted by molar-refractivity contribution is -0.119. The number of rotatable bonds is 3. The van der Waals surface area contributed by atoms with Gasteiger partial charge in [0.15, 0.2) is 5.13 Å². The highest BCUT2D eigenvalue weighted by molar-refractivity contribution is 7.13. The zero-order valence-electron chi connectivity index (χ0n) is 11.8. The fraction of sp³-hybridized carbons (Fsp3) is 0.267. The average molecular weight is 317 g/mol. The molecule has 3 rings (SSSR count). The summed E-state index contributed by atoms with van der Waals surface area (Å²) < 4.78 is 5.31. The Kier molecular flexibility index (Phi) is 4.34. The fourth-order valence-electron chi connectivity index (χ4n) is 2.38. The molecule has 0 radical (unpaired) electrons. The maximum absolute atomic E-state index is 12.3. The van der Waals surface area contributed by atoms with Crippen LogP contribution in [0.15, 0.2) is 41.9 Å². The van der Waals surface area contributed by atoms with Crippen molar-refractivity contribution in [2.45, 2.75) is 18.9 Å². The fourth-order valence-corrected chi connectivity index (χ4v) is 2.91. The Balaban J connectivity index is 1.64. The van der Waals surface area contributed by atoms with Gasteiger partial charge in [-0.1, -0.05) is 18.2 Å². The van der Waals surface area contributed by atoms with Crippen molar-refractivity contribution in [1.82, 2.24) is 9.88 Å². The predicted octanol–water partition coefficient (Wildman–Crippen LogP) is 2.75. The molecule has 1 aromatic carbocycles. The Morgan fingerprint density at radius 2 is 2.14 bits per heavy atom. The van der Waals surface area contributed by atoms with Crippen LogP contribution in [0.4, 0.5) is 9.93 Å². The molecule has 6 nitrogen and oxygen atoms in total. The highest BCUT2D eigenvalue weighted by Crippen LogP contribution is 2.22. The number of anilines is 1. The van der Waals surface area contributed by atoms with Crippen LogP contribution in [0.5, 0.6) is 5.75 Å². The Hall–Kier alpha value is -2.41. The molecule has 1 aliphatic heterocycles. The number of hydrogen-bond acceptors (Lipinski definition) is 5. The van der Waals surface area contributed by atoms with Gasteiger partial charge >= 0.3 is 6.09 Å². The Morgan fingerprint density at radius 3 is 2.86 bits per heavy atom. The second kappa shape index (κ2) is 6.57. The maximum Gasteiger partial charge on any atom is 0.415 e. The quantitative estimate of drug-likeness (QED) is 0.945. The summed E-state index contributed by atoms with van der Waals surface area (Å²) in [4.78, 5) is 30.0. The molecule has 22 heavy (non-hydrogen) atoms. The van der Waals surface area contributed by atoms with Gasteiger partial charge in [-0.3, -0.25) is 9.69 Å². The first-order chi connectivity index (χ1) is 10.7. The monoisotopic (exact) mass is 317 g/mol. The number of likely N-dealkylation sites (tertiary alicyclic amines) is 1. The molecular weight excluding hydrogens is 302 g/mol. The molecule has 0 unspecified atom stereocenters. The highest BCUT2D eigenvalue weighted by Gasteiger charge is 2.35. The second-order valence-electron chi connectivity index (χ2n) is 4.86. The number of nitrogens with zero attached hydrogens (tertiary/aromatic N) is 2. The number of carbonyl (C=O) groups is 2. The third-order valence-corrected chi connectivity index (χ3v) is 4.09. The zero-order chi connectivity index (χ0) is 15.4. The lowest BCUT2D eigenvalue weighted by Gasteiger charge is -2.22. The minimum absolute atomic E-state index is 0.225. The highest BCUT2D eigenvalue weighted by atomic mass is 32.1. The molecule has 114 valence electrons. The van der Waals surface area contributed by atoms with E-state index in [9.17, 15) is 9.59 Å². The van der Waals surface area contributed by atoms with Gasteiger partial charge in [0.25, 0.3) is 0 Å². The van der Waals surface area contributed by atoms with Crippen LogP contribution in [0.3, 0.4) is 0 Å². The molecule has 0 aliphatic carbocycles. The molecule has 7 heteroatoms. The summed E-state index contributed by atoms with van der Waals surface area (Å²) in [7, 11) is 0. The molecule has 1 saturated heterocycles. The first kappa shape index (κ1) is 14.5. The maximum atomic E-state index is 12.3. The van der Waals surface area contributed by atoms with Gasteiger partial charge in [-0.2, -0.15) is 0 Å². The van der Waals surface area contributed by atoms with Crippen molar-refractivity contribution in [1.29, 1.82) is 0 Å². The second-order valence-corrected chi connectivity index (χ2v) is 5.75. The number of aromatic nitrogens is 1. The normalized spacial score (nSPS) is 17.3.